The number of benzene rings is 2. The predicted molar refractivity (Wildman–Crippen MR) is 72.4 cm³/mol. The fourth-order valence-electron chi connectivity index (χ4n) is 2.25. The van der Waals surface area contributed by atoms with Crippen LogP contribution in [0.3, 0.4) is 0 Å². The SMILES string of the molecule is CN(C)C(O)c1cccc2c1oc1ccccc12. The fourth-order valence-corrected chi connectivity index (χ4v) is 2.25. The van der Waals surface area contributed by atoms with E-state index in [1.807, 2.05) is 56.6 Å². The van der Waals surface area contributed by atoms with Crippen LogP contribution in [0, 0.1) is 0 Å². The molecule has 3 heteroatoms. The quantitative estimate of drug-likeness (QED) is 0.700. The zero-order chi connectivity index (χ0) is 12.7. The van der Waals surface area contributed by atoms with Gasteiger partial charge in [0.15, 0.2) is 0 Å². The van der Waals surface area contributed by atoms with Gasteiger partial charge in [0, 0.05) is 16.3 Å². The minimum Gasteiger partial charge on any atom is -0.456 e. The Labute approximate surface area is 105 Å². The van der Waals surface area contributed by atoms with E-state index in [0.717, 1.165) is 27.5 Å². The molecule has 1 aromatic heterocycles. The summed E-state index contributed by atoms with van der Waals surface area (Å²) in [5.74, 6) is 0. The fraction of sp³-hybridized carbons (Fsp3) is 0.200. The van der Waals surface area contributed by atoms with Gasteiger partial charge in [0.05, 0.1) is 0 Å². The number of fused-ring (bicyclic) bond motifs is 3. The normalized spacial score (nSPS) is 13.6. The molecule has 0 saturated heterocycles. The molecule has 3 nitrogen and oxygen atoms in total. The smallest absolute Gasteiger partial charge is 0.142 e. The van der Waals surface area contributed by atoms with Crippen molar-refractivity contribution in [1.29, 1.82) is 0 Å². The number of furan rings is 1. The van der Waals surface area contributed by atoms with Crippen LogP contribution >= 0.6 is 0 Å². The highest BCUT2D eigenvalue weighted by molar-refractivity contribution is 6.05. The lowest BCUT2D eigenvalue weighted by molar-refractivity contribution is 0.0401. The van der Waals surface area contributed by atoms with Crippen molar-refractivity contribution in [1.82, 2.24) is 4.90 Å². The number of nitrogens with zero attached hydrogens (tertiary/aromatic N) is 1. The Morgan fingerprint density at radius 2 is 1.72 bits per heavy atom. The molecular formula is C15H15NO2. The van der Waals surface area contributed by atoms with Crippen LogP contribution in [0.15, 0.2) is 46.9 Å². The van der Waals surface area contributed by atoms with Crippen LogP contribution in [0.4, 0.5) is 0 Å². The molecule has 0 radical (unpaired) electrons. The van der Waals surface area contributed by atoms with Crippen molar-refractivity contribution in [2.75, 3.05) is 14.1 Å². The average molecular weight is 241 g/mol. The van der Waals surface area contributed by atoms with Crippen LogP contribution < -0.4 is 0 Å². The van der Waals surface area contributed by atoms with Gasteiger partial charge in [-0.3, -0.25) is 4.90 Å². The first-order chi connectivity index (χ1) is 8.68. The van der Waals surface area contributed by atoms with Crippen LogP contribution in [0.1, 0.15) is 11.8 Å². The van der Waals surface area contributed by atoms with Gasteiger partial charge >= 0.3 is 0 Å². The molecule has 0 amide bonds. The highest BCUT2D eigenvalue weighted by atomic mass is 16.3. The molecule has 0 saturated carbocycles. The summed E-state index contributed by atoms with van der Waals surface area (Å²) in [6.45, 7) is 0. The molecule has 0 aliphatic carbocycles. The molecule has 1 atom stereocenters. The van der Waals surface area contributed by atoms with Gasteiger partial charge in [0.25, 0.3) is 0 Å². The summed E-state index contributed by atoms with van der Waals surface area (Å²) in [7, 11) is 3.68. The van der Waals surface area contributed by atoms with E-state index < -0.39 is 6.23 Å². The van der Waals surface area contributed by atoms with Gasteiger partial charge in [0.1, 0.15) is 17.4 Å². The largest absolute Gasteiger partial charge is 0.456 e. The summed E-state index contributed by atoms with van der Waals surface area (Å²) in [5, 5.41) is 12.3. The van der Waals surface area contributed by atoms with E-state index in [0.29, 0.717) is 0 Å². The third-order valence-corrected chi connectivity index (χ3v) is 3.20. The summed E-state index contributed by atoms with van der Waals surface area (Å²) < 4.78 is 5.87. The van der Waals surface area contributed by atoms with Crippen molar-refractivity contribution in [3.63, 3.8) is 0 Å². The van der Waals surface area contributed by atoms with Crippen molar-refractivity contribution >= 4 is 21.9 Å². The van der Waals surface area contributed by atoms with Crippen molar-refractivity contribution in [3.05, 3.63) is 48.0 Å². The average Bonchev–Trinajstić information content (AvgIpc) is 2.76. The van der Waals surface area contributed by atoms with E-state index >= 15 is 0 Å². The third-order valence-electron chi connectivity index (χ3n) is 3.20. The van der Waals surface area contributed by atoms with Gasteiger partial charge in [-0.15, -0.1) is 0 Å². The third kappa shape index (κ3) is 1.60. The molecule has 0 fully saturated rings. The van der Waals surface area contributed by atoms with E-state index in [9.17, 15) is 5.11 Å². The van der Waals surface area contributed by atoms with Gasteiger partial charge in [-0.1, -0.05) is 36.4 Å². The van der Waals surface area contributed by atoms with E-state index in [-0.39, 0.29) is 0 Å². The molecule has 0 bridgehead atoms. The van der Waals surface area contributed by atoms with Gasteiger partial charge in [-0.05, 0) is 20.2 Å². The predicted octanol–water partition coefficient (Wildman–Crippen LogP) is 3.14. The molecule has 3 rings (SSSR count). The second-order valence-electron chi connectivity index (χ2n) is 4.66. The zero-order valence-electron chi connectivity index (χ0n) is 10.4. The number of aliphatic hydroxyl groups excluding tert-OH is 1. The molecular weight excluding hydrogens is 226 g/mol. The van der Waals surface area contributed by atoms with E-state index in [4.69, 9.17) is 4.42 Å². The molecule has 0 aliphatic heterocycles. The Morgan fingerprint density at radius 3 is 2.50 bits per heavy atom. The van der Waals surface area contributed by atoms with Crippen molar-refractivity contribution < 1.29 is 9.52 Å². The number of para-hydroxylation sites is 2. The maximum atomic E-state index is 10.2. The van der Waals surface area contributed by atoms with Crippen LogP contribution in [-0.4, -0.2) is 24.1 Å². The van der Waals surface area contributed by atoms with Crippen molar-refractivity contribution in [2.45, 2.75) is 6.23 Å². The Bertz CT molecular complexity index is 700. The van der Waals surface area contributed by atoms with Crippen molar-refractivity contribution in [3.8, 4) is 0 Å². The minimum absolute atomic E-state index is 0.658. The summed E-state index contributed by atoms with van der Waals surface area (Å²) in [6.07, 6.45) is -0.658. The first kappa shape index (κ1) is 11.3. The second-order valence-corrected chi connectivity index (χ2v) is 4.66. The monoisotopic (exact) mass is 241 g/mol. The molecule has 3 aromatic rings. The molecule has 18 heavy (non-hydrogen) atoms. The summed E-state index contributed by atoms with van der Waals surface area (Å²) in [4.78, 5) is 1.75. The van der Waals surface area contributed by atoms with E-state index in [2.05, 4.69) is 0 Å². The highest BCUT2D eigenvalue weighted by Crippen LogP contribution is 2.33. The van der Waals surface area contributed by atoms with Crippen molar-refractivity contribution in [2.24, 2.45) is 0 Å². The lowest BCUT2D eigenvalue weighted by Crippen LogP contribution is -2.19. The Morgan fingerprint density at radius 1 is 1.00 bits per heavy atom. The second kappa shape index (κ2) is 4.12. The minimum atomic E-state index is -0.658. The topological polar surface area (TPSA) is 36.6 Å². The molecule has 1 heterocycles. The van der Waals surface area contributed by atoms with Gasteiger partial charge in [-0.2, -0.15) is 0 Å². The number of rotatable bonds is 2. The summed E-state index contributed by atoms with van der Waals surface area (Å²) >= 11 is 0. The molecule has 1 unspecified atom stereocenters. The van der Waals surface area contributed by atoms with Crippen LogP contribution in [0.5, 0.6) is 0 Å². The summed E-state index contributed by atoms with van der Waals surface area (Å²) in [5.41, 5.74) is 2.42. The Balaban J connectivity index is 2.34. The molecule has 0 aliphatic rings. The molecule has 1 N–H and O–H groups in total. The lowest BCUT2D eigenvalue weighted by Gasteiger charge is -2.18. The van der Waals surface area contributed by atoms with Crippen LogP contribution in [0.2, 0.25) is 0 Å². The standard InChI is InChI=1S/C15H15NO2/c1-16(2)15(17)12-8-5-7-11-10-6-3-4-9-13(10)18-14(11)12/h3-9,15,17H,1-2H3. The van der Waals surface area contributed by atoms with Crippen LogP contribution in [0.25, 0.3) is 21.9 Å². The number of hydrogen-bond donors (Lipinski definition) is 1. The first-order valence-electron chi connectivity index (χ1n) is 5.93. The Kier molecular flexibility index (Phi) is 2.58. The molecule has 92 valence electrons. The number of aliphatic hydroxyl groups is 1. The lowest BCUT2D eigenvalue weighted by atomic mass is 10.1. The zero-order valence-corrected chi connectivity index (χ0v) is 10.4. The summed E-state index contributed by atoms with van der Waals surface area (Å²) in [6, 6.07) is 13.8. The van der Waals surface area contributed by atoms with E-state index in [1.165, 1.54) is 0 Å². The number of hydrogen-bond acceptors (Lipinski definition) is 3. The first-order valence-corrected chi connectivity index (χ1v) is 5.93. The molecule has 2 aromatic carbocycles. The maximum Gasteiger partial charge on any atom is 0.142 e. The highest BCUT2D eigenvalue weighted by Gasteiger charge is 2.17. The molecule has 0 spiro atoms. The van der Waals surface area contributed by atoms with Gasteiger partial charge < -0.3 is 9.52 Å². The maximum absolute atomic E-state index is 10.2. The van der Waals surface area contributed by atoms with E-state index in [1.54, 1.807) is 4.90 Å². The Hall–Kier alpha value is -1.84. The van der Waals surface area contributed by atoms with Gasteiger partial charge in [0.2, 0.25) is 0 Å². The van der Waals surface area contributed by atoms with Crippen LogP contribution in [-0.2, 0) is 0 Å². The van der Waals surface area contributed by atoms with Gasteiger partial charge in [-0.25, -0.2) is 0 Å².